The zero-order valence-electron chi connectivity index (χ0n) is 9.17. The van der Waals surface area contributed by atoms with Crippen LogP contribution in [0.25, 0.3) is 0 Å². The largest absolute Gasteiger partial charge is 0.432 e. The predicted molar refractivity (Wildman–Crippen MR) is 56.6 cm³/mol. The Bertz CT molecular complexity index is 276. The maximum atomic E-state index is 10.8. The first-order valence-electron chi connectivity index (χ1n) is 5.03. The molecule has 1 aliphatic carbocycles. The molecule has 0 bridgehead atoms. The van der Waals surface area contributed by atoms with Gasteiger partial charge < -0.3 is 4.74 Å². The molecule has 0 unspecified atom stereocenters. The molecule has 0 spiro atoms. The lowest BCUT2D eigenvalue weighted by molar-refractivity contribution is -0.137. The maximum Gasteiger partial charge on any atom is 0.307 e. The van der Waals surface area contributed by atoms with Gasteiger partial charge >= 0.3 is 5.97 Å². The van der Waals surface area contributed by atoms with Crippen molar-refractivity contribution in [1.82, 2.24) is 0 Å². The van der Waals surface area contributed by atoms with Crippen LogP contribution in [0, 0.1) is 11.8 Å². The molecule has 2 heteroatoms. The number of esters is 1. The number of rotatable bonds is 2. The van der Waals surface area contributed by atoms with Gasteiger partial charge in [-0.15, -0.1) is 0 Å². The standard InChI is InChI=1S/C12H18O2/c1-8(2)12-6-5-11(7-9(12)3)14-10(4)13/h5,9,12H,1,6-7H2,2-4H3/t9-,12+/m1/s1. The highest BCUT2D eigenvalue weighted by Crippen LogP contribution is 2.33. The number of hydrogen-bond donors (Lipinski definition) is 0. The topological polar surface area (TPSA) is 26.3 Å². The third-order valence-corrected chi connectivity index (χ3v) is 2.72. The van der Waals surface area contributed by atoms with Gasteiger partial charge in [-0.1, -0.05) is 19.1 Å². The van der Waals surface area contributed by atoms with Crippen molar-refractivity contribution < 1.29 is 9.53 Å². The van der Waals surface area contributed by atoms with Crippen LogP contribution in [0.2, 0.25) is 0 Å². The summed E-state index contributed by atoms with van der Waals surface area (Å²) >= 11 is 0. The molecule has 2 nitrogen and oxygen atoms in total. The van der Waals surface area contributed by atoms with Crippen LogP contribution < -0.4 is 0 Å². The number of allylic oxidation sites excluding steroid dienone is 3. The molecule has 0 aromatic heterocycles. The van der Waals surface area contributed by atoms with Gasteiger partial charge in [0, 0.05) is 13.3 Å². The van der Waals surface area contributed by atoms with Crippen LogP contribution >= 0.6 is 0 Å². The Kier molecular flexibility index (Phi) is 3.50. The van der Waals surface area contributed by atoms with Gasteiger partial charge in [0.1, 0.15) is 5.76 Å². The van der Waals surface area contributed by atoms with Crippen LogP contribution in [-0.2, 0) is 9.53 Å². The summed E-state index contributed by atoms with van der Waals surface area (Å²) in [6, 6.07) is 0. The molecule has 0 heterocycles. The first-order valence-corrected chi connectivity index (χ1v) is 5.03. The molecule has 2 atom stereocenters. The van der Waals surface area contributed by atoms with E-state index in [1.54, 1.807) is 0 Å². The highest BCUT2D eigenvalue weighted by Gasteiger charge is 2.23. The highest BCUT2D eigenvalue weighted by molar-refractivity contribution is 5.67. The monoisotopic (exact) mass is 194 g/mol. The van der Waals surface area contributed by atoms with Gasteiger partial charge in [0.15, 0.2) is 0 Å². The third-order valence-electron chi connectivity index (χ3n) is 2.72. The molecular formula is C12H18O2. The lowest BCUT2D eigenvalue weighted by Crippen LogP contribution is -2.18. The Morgan fingerprint density at radius 3 is 2.64 bits per heavy atom. The smallest absolute Gasteiger partial charge is 0.307 e. The molecule has 14 heavy (non-hydrogen) atoms. The van der Waals surface area contributed by atoms with E-state index in [0.29, 0.717) is 11.8 Å². The van der Waals surface area contributed by atoms with Crippen molar-refractivity contribution in [2.24, 2.45) is 11.8 Å². The number of carbonyl (C=O) groups excluding carboxylic acids is 1. The minimum atomic E-state index is -0.225. The molecule has 0 aromatic carbocycles. The zero-order valence-corrected chi connectivity index (χ0v) is 9.17. The summed E-state index contributed by atoms with van der Waals surface area (Å²) in [4.78, 5) is 10.8. The maximum absolute atomic E-state index is 10.8. The van der Waals surface area contributed by atoms with Crippen LogP contribution in [0.4, 0.5) is 0 Å². The van der Waals surface area contributed by atoms with Crippen LogP contribution in [0.3, 0.4) is 0 Å². The van der Waals surface area contributed by atoms with Gasteiger partial charge in [-0.2, -0.15) is 0 Å². The minimum absolute atomic E-state index is 0.225. The van der Waals surface area contributed by atoms with Crippen LogP contribution in [0.5, 0.6) is 0 Å². The minimum Gasteiger partial charge on any atom is -0.432 e. The van der Waals surface area contributed by atoms with Crippen molar-refractivity contribution in [2.75, 3.05) is 0 Å². The van der Waals surface area contributed by atoms with Crippen molar-refractivity contribution in [3.63, 3.8) is 0 Å². The Labute approximate surface area is 85.6 Å². The molecule has 0 aromatic rings. The van der Waals surface area contributed by atoms with E-state index in [1.165, 1.54) is 12.5 Å². The molecular weight excluding hydrogens is 176 g/mol. The van der Waals surface area contributed by atoms with E-state index in [9.17, 15) is 4.79 Å². The second kappa shape index (κ2) is 4.45. The molecule has 0 amide bonds. The first-order chi connectivity index (χ1) is 6.50. The van der Waals surface area contributed by atoms with E-state index in [4.69, 9.17) is 4.74 Å². The average Bonchev–Trinajstić information content (AvgIpc) is 2.01. The van der Waals surface area contributed by atoms with Crippen molar-refractivity contribution in [1.29, 1.82) is 0 Å². The molecule has 0 saturated heterocycles. The third kappa shape index (κ3) is 2.72. The summed E-state index contributed by atoms with van der Waals surface area (Å²) in [5.41, 5.74) is 1.22. The Hall–Kier alpha value is -1.05. The second-order valence-electron chi connectivity index (χ2n) is 4.13. The van der Waals surface area contributed by atoms with Crippen molar-refractivity contribution in [2.45, 2.75) is 33.6 Å². The molecule has 0 radical (unpaired) electrons. The van der Waals surface area contributed by atoms with E-state index < -0.39 is 0 Å². The predicted octanol–water partition coefficient (Wildman–Crippen LogP) is 3.06. The SMILES string of the molecule is C=C(C)[C@@H]1CC=C(OC(C)=O)C[C@H]1C. The molecule has 1 rings (SSSR count). The van der Waals surface area contributed by atoms with Crippen LogP contribution in [0.1, 0.15) is 33.6 Å². The zero-order chi connectivity index (χ0) is 10.7. The normalized spacial score (nSPS) is 26.6. The fraction of sp³-hybridized carbons (Fsp3) is 0.583. The fourth-order valence-corrected chi connectivity index (χ4v) is 1.99. The lowest BCUT2D eigenvalue weighted by Gasteiger charge is -2.28. The molecule has 78 valence electrons. The summed E-state index contributed by atoms with van der Waals surface area (Å²) in [5, 5.41) is 0. The van der Waals surface area contributed by atoms with Gasteiger partial charge in [0.05, 0.1) is 0 Å². The van der Waals surface area contributed by atoms with Gasteiger partial charge in [-0.3, -0.25) is 4.79 Å². The number of hydrogen-bond acceptors (Lipinski definition) is 2. The summed E-state index contributed by atoms with van der Waals surface area (Å²) in [6.07, 6.45) is 3.80. The van der Waals surface area contributed by atoms with E-state index in [1.807, 2.05) is 6.08 Å². The van der Waals surface area contributed by atoms with Gasteiger partial charge in [-0.25, -0.2) is 0 Å². The van der Waals surface area contributed by atoms with Gasteiger partial charge in [-0.05, 0) is 31.3 Å². The molecule has 0 aliphatic heterocycles. The fourth-order valence-electron chi connectivity index (χ4n) is 1.99. The molecule has 1 aliphatic rings. The number of ether oxygens (including phenoxy) is 1. The summed E-state index contributed by atoms with van der Waals surface area (Å²) in [5.74, 6) is 1.65. The van der Waals surface area contributed by atoms with Crippen LogP contribution in [-0.4, -0.2) is 5.97 Å². The lowest BCUT2D eigenvalue weighted by atomic mass is 9.80. The van der Waals surface area contributed by atoms with Gasteiger partial charge in [0.2, 0.25) is 0 Å². The highest BCUT2D eigenvalue weighted by atomic mass is 16.5. The Morgan fingerprint density at radius 1 is 1.57 bits per heavy atom. The molecule has 0 saturated carbocycles. The number of carbonyl (C=O) groups is 1. The average molecular weight is 194 g/mol. The van der Waals surface area contributed by atoms with Gasteiger partial charge in [0.25, 0.3) is 0 Å². The Morgan fingerprint density at radius 2 is 2.21 bits per heavy atom. The van der Waals surface area contributed by atoms with E-state index in [2.05, 4.69) is 20.4 Å². The summed E-state index contributed by atoms with van der Waals surface area (Å²) < 4.78 is 5.08. The van der Waals surface area contributed by atoms with Crippen LogP contribution in [0.15, 0.2) is 24.0 Å². The van der Waals surface area contributed by atoms with Crippen molar-refractivity contribution >= 4 is 5.97 Å². The molecule has 0 N–H and O–H groups in total. The summed E-state index contributed by atoms with van der Waals surface area (Å²) in [7, 11) is 0. The van der Waals surface area contributed by atoms with E-state index in [0.717, 1.165) is 18.6 Å². The van der Waals surface area contributed by atoms with Crippen molar-refractivity contribution in [3.8, 4) is 0 Å². The summed E-state index contributed by atoms with van der Waals surface area (Å²) in [6.45, 7) is 9.66. The molecule has 0 fully saturated rings. The van der Waals surface area contributed by atoms with Crippen molar-refractivity contribution in [3.05, 3.63) is 24.0 Å². The second-order valence-corrected chi connectivity index (χ2v) is 4.13. The first kappa shape index (κ1) is 11.0. The quantitative estimate of drug-likeness (QED) is 0.499. The van der Waals surface area contributed by atoms with E-state index >= 15 is 0 Å². The Balaban J connectivity index is 2.62. The van der Waals surface area contributed by atoms with E-state index in [-0.39, 0.29) is 5.97 Å².